The lowest BCUT2D eigenvalue weighted by atomic mass is 10.1. The highest BCUT2D eigenvalue weighted by molar-refractivity contribution is 9.10. The van der Waals surface area contributed by atoms with Gasteiger partial charge in [0, 0.05) is 47.8 Å². The predicted octanol–water partition coefficient (Wildman–Crippen LogP) is 4.03. The molecule has 5 nitrogen and oxygen atoms in total. The van der Waals surface area contributed by atoms with Gasteiger partial charge in [-0.25, -0.2) is 0 Å². The van der Waals surface area contributed by atoms with Crippen molar-refractivity contribution in [2.24, 2.45) is 5.92 Å². The molecule has 3 rings (SSSR count). The standard InChI is InChI=1S/C16H18BrN3O2S/c17-14-1-3-15(4-2-14)19-6-5-12(10-19)8-18-9-13-7-16(20(21)22)23-11-13/h1-4,7,11-12,18H,5-6,8-10H2. The Kier molecular flexibility index (Phi) is 5.30. The second kappa shape index (κ2) is 7.42. The molecule has 1 fully saturated rings. The summed E-state index contributed by atoms with van der Waals surface area (Å²) in [5.41, 5.74) is 2.26. The molecular formula is C16H18BrN3O2S. The lowest BCUT2D eigenvalue weighted by Crippen LogP contribution is -2.26. The first kappa shape index (κ1) is 16.4. The van der Waals surface area contributed by atoms with Gasteiger partial charge in [0.1, 0.15) is 0 Å². The minimum absolute atomic E-state index is 0.212. The Morgan fingerprint density at radius 2 is 2.17 bits per heavy atom. The Morgan fingerprint density at radius 3 is 2.87 bits per heavy atom. The molecule has 0 saturated carbocycles. The molecule has 1 aromatic carbocycles. The van der Waals surface area contributed by atoms with Gasteiger partial charge < -0.3 is 10.2 Å². The number of halogens is 1. The Bertz CT molecular complexity index is 674. The van der Waals surface area contributed by atoms with Gasteiger partial charge in [-0.05, 0) is 42.2 Å². The number of benzene rings is 1. The van der Waals surface area contributed by atoms with E-state index in [4.69, 9.17) is 0 Å². The van der Waals surface area contributed by atoms with Gasteiger partial charge in [0.2, 0.25) is 0 Å². The zero-order valence-corrected chi connectivity index (χ0v) is 15.0. The molecule has 122 valence electrons. The molecule has 2 heterocycles. The normalized spacial score (nSPS) is 17.6. The maximum atomic E-state index is 10.7. The number of nitro groups is 1. The number of nitrogens with zero attached hydrogens (tertiary/aromatic N) is 2. The molecular weight excluding hydrogens is 378 g/mol. The SMILES string of the molecule is O=[N+]([O-])c1cc(CNCC2CCN(c3ccc(Br)cc3)C2)cs1. The van der Waals surface area contributed by atoms with Gasteiger partial charge in [-0.2, -0.15) is 0 Å². The van der Waals surface area contributed by atoms with Crippen LogP contribution in [0.1, 0.15) is 12.0 Å². The van der Waals surface area contributed by atoms with Crippen LogP contribution in [0.25, 0.3) is 0 Å². The fourth-order valence-corrected chi connectivity index (χ4v) is 3.85. The van der Waals surface area contributed by atoms with Crippen LogP contribution in [-0.2, 0) is 6.54 Å². The van der Waals surface area contributed by atoms with Crippen LogP contribution < -0.4 is 10.2 Å². The minimum atomic E-state index is -0.332. The van der Waals surface area contributed by atoms with E-state index in [2.05, 4.69) is 50.4 Å². The van der Waals surface area contributed by atoms with Gasteiger partial charge in [-0.15, -0.1) is 0 Å². The van der Waals surface area contributed by atoms with E-state index in [-0.39, 0.29) is 9.92 Å². The average Bonchev–Trinajstić information content (AvgIpc) is 3.18. The maximum absolute atomic E-state index is 10.7. The number of anilines is 1. The first-order valence-corrected chi connectivity index (χ1v) is 9.22. The van der Waals surface area contributed by atoms with Crippen molar-refractivity contribution >= 4 is 38.0 Å². The first-order valence-electron chi connectivity index (χ1n) is 7.55. The molecule has 0 radical (unpaired) electrons. The van der Waals surface area contributed by atoms with Crippen LogP contribution in [0.15, 0.2) is 40.2 Å². The van der Waals surface area contributed by atoms with E-state index in [9.17, 15) is 10.1 Å². The number of rotatable bonds is 6. The van der Waals surface area contributed by atoms with E-state index >= 15 is 0 Å². The van der Waals surface area contributed by atoms with E-state index in [0.29, 0.717) is 12.5 Å². The van der Waals surface area contributed by atoms with Crippen LogP contribution >= 0.6 is 27.3 Å². The van der Waals surface area contributed by atoms with Crippen molar-refractivity contribution < 1.29 is 4.92 Å². The van der Waals surface area contributed by atoms with Gasteiger partial charge >= 0.3 is 5.00 Å². The van der Waals surface area contributed by atoms with E-state index in [1.807, 2.05) is 5.38 Å². The summed E-state index contributed by atoms with van der Waals surface area (Å²) in [4.78, 5) is 12.8. The van der Waals surface area contributed by atoms with Crippen LogP contribution in [0.3, 0.4) is 0 Å². The number of thiophene rings is 1. The topological polar surface area (TPSA) is 58.4 Å². The highest BCUT2D eigenvalue weighted by atomic mass is 79.9. The summed E-state index contributed by atoms with van der Waals surface area (Å²) < 4.78 is 1.10. The van der Waals surface area contributed by atoms with Gasteiger partial charge in [-0.3, -0.25) is 10.1 Å². The van der Waals surface area contributed by atoms with Gasteiger partial charge in [0.25, 0.3) is 0 Å². The summed E-state index contributed by atoms with van der Waals surface area (Å²) in [5.74, 6) is 0.618. The molecule has 1 aromatic heterocycles. The highest BCUT2D eigenvalue weighted by Gasteiger charge is 2.22. The fourth-order valence-electron chi connectivity index (χ4n) is 2.86. The third-order valence-corrected chi connectivity index (χ3v) is 5.52. The zero-order valence-electron chi connectivity index (χ0n) is 12.6. The van der Waals surface area contributed by atoms with Crippen molar-refractivity contribution in [2.45, 2.75) is 13.0 Å². The molecule has 0 aliphatic carbocycles. The van der Waals surface area contributed by atoms with Crippen LogP contribution in [0.4, 0.5) is 10.7 Å². The lowest BCUT2D eigenvalue weighted by Gasteiger charge is -2.19. The van der Waals surface area contributed by atoms with Crippen molar-refractivity contribution in [1.82, 2.24) is 5.32 Å². The molecule has 1 aliphatic heterocycles. The number of hydrogen-bond acceptors (Lipinski definition) is 5. The molecule has 2 aromatic rings. The smallest absolute Gasteiger partial charge is 0.324 e. The van der Waals surface area contributed by atoms with Crippen molar-refractivity contribution in [3.63, 3.8) is 0 Å². The molecule has 1 aliphatic rings. The molecule has 1 N–H and O–H groups in total. The second-order valence-electron chi connectivity index (χ2n) is 5.76. The van der Waals surface area contributed by atoms with E-state index in [1.165, 1.54) is 23.4 Å². The Hall–Kier alpha value is -1.44. The highest BCUT2D eigenvalue weighted by Crippen LogP contribution is 2.25. The van der Waals surface area contributed by atoms with Crippen molar-refractivity contribution in [1.29, 1.82) is 0 Å². The largest absolute Gasteiger partial charge is 0.371 e. The quantitative estimate of drug-likeness (QED) is 0.592. The summed E-state index contributed by atoms with van der Waals surface area (Å²) in [6.07, 6.45) is 1.17. The summed E-state index contributed by atoms with van der Waals surface area (Å²) in [7, 11) is 0. The van der Waals surface area contributed by atoms with Crippen LogP contribution in [0.2, 0.25) is 0 Å². The van der Waals surface area contributed by atoms with Crippen molar-refractivity contribution in [3.05, 3.63) is 55.9 Å². The fraction of sp³-hybridized carbons (Fsp3) is 0.375. The van der Waals surface area contributed by atoms with E-state index < -0.39 is 0 Å². The zero-order chi connectivity index (χ0) is 16.2. The number of nitrogens with one attached hydrogen (secondary N) is 1. The maximum Gasteiger partial charge on any atom is 0.324 e. The average molecular weight is 396 g/mol. The summed E-state index contributed by atoms with van der Waals surface area (Å²) in [5, 5.41) is 16.2. The van der Waals surface area contributed by atoms with Crippen molar-refractivity contribution in [2.75, 3.05) is 24.5 Å². The van der Waals surface area contributed by atoms with Gasteiger partial charge in [0.05, 0.1) is 4.92 Å². The second-order valence-corrected chi connectivity index (χ2v) is 7.56. The van der Waals surface area contributed by atoms with E-state index in [1.54, 1.807) is 6.07 Å². The third kappa shape index (κ3) is 4.31. The van der Waals surface area contributed by atoms with Crippen LogP contribution in [0, 0.1) is 16.0 Å². The molecule has 0 spiro atoms. The molecule has 1 atom stereocenters. The summed E-state index contributed by atoms with van der Waals surface area (Å²) >= 11 is 4.65. The van der Waals surface area contributed by atoms with E-state index in [0.717, 1.165) is 29.7 Å². The third-order valence-electron chi connectivity index (χ3n) is 4.06. The summed E-state index contributed by atoms with van der Waals surface area (Å²) in [6.45, 7) is 3.77. The molecule has 23 heavy (non-hydrogen) atoms. The monoisotopic (exact) mass is 395 g/mol. The number of hydrogen-bond donors (Lipinski definition) is 1. The van der Waals surface area contributed by atoms with Crippen molar-refractivity contribution in [3.8, 4) is 0 Å². The Labute approximate surface area is 147 Å². The first-order chi connectivity index (χ1) is 11.1. The molecule has 0 amide bonds. The lowest BCUT2D eigenvalue weighted by molar-refractivity contribution is -0.380. The molecule has 7 heteroatoms. The Morgan fingerprint density at radius 1 is 1.39 bits per heavy atom. The molecule has 1 saturated heterocycles. The van der Waals surface area contributed by atoms with Crippen LogP contribution in [-0.4, -0.2) is 24.6 Å². The van der Waals surface area contributed by atoms with Gasteiger partial charge in [0.15, 0.2) is 0 Å². The van der Waals surface area contributed by atoms with Gasteiger partial charge in [-0.1, -0.05) is 27.3 Å². The summed E-state index contributed by atoms with van der Waals surface area (Å²) in [6, 6.07) is 10.1. The molecule has 1 unspecified atom stereocenters. The Balaban J connectivity index is 1.44. The predicted molar refractivity (Wildman–Crippen MR) is 97.1 cm³/mol. The molecule has 0 bridgehead atoms. The minimum Gasteiger partial charge on any atom is -0.371 e. The van der Waals surface area contributed by atoms with Crippen LogP contribution in [0.5, 0.6) is 0 Å².